The van der Waals surface area contributed by atoms with E-state index < -0.39 is 86.0 Å². The van der Waals surface area contributed by atoms with E-state index in [4.69, 9.17) is 20.1 Å². The summed E-state index contributed by atoms with van der Waals surface area (Å²) in [5.74, 6) is -9.01. The van der Waals surface area contributed by atoms with E-state index in [0.717, 1.165) is 44.5 Å². The molecule has 1 aliphatic rings. The summed E-state index contributed by atoms with van der Waals surface area (Å²) in [6.45, 7) is 7.64. The molecule has 4 radical (unpaired) electrons. The molecule has 0 aliphatic heterocycles. The standard InChI is InChI=1S/C51H40B2O12/c1-23(43(57)50(64)45(59)36(56)21-32-34(54)22-35(55)41(52)44(32)58)51(2,3)33-12-8-7-11-29(33)39(24-9-5-4-6-10-24)27-15-16-37-30(18-27)31-19-28-17-26(14-13-25(28)20-38(31)65-37)40-46(60)48(62)42(53)49(63)47(40)61/h4-9,11-20,22,54-64H,1,10,21H2,2-3H3/b39-24-,45-36-,50-43-. The Morgan fingerprint density at radius 2 is 1.35 bits per heavy atom. The fourth-order valence-electron chi connectivity index (χ4n) is 8.25. The fraction of sp³-hybridized carbons (Fsp3) is 0.0980. The average Bonchev–Trinajstić information content (AvgIpc) is 3.66. The van der Waals surface area contributed by atoms with Crippen LogP contribution in [0.5, 0.6) is 40.2 Å². The van der Waals surface area contributed by atoms with Crippen LogP contribution in [-0.2, 0) is 11.8 Å². The quantitative estimate of drug-likeness (QED) is 0.0214. The van der Waals surface area contributed by atoms with Crippen molar-refractivity contribution < 1.29 is 60.6 Å². The van der Waals surface area contributed by atoms with Gasteiger partial charge in [0, 0.05) is 39.8 Å². The Balaban J connectivity index is 1.22. The molecule has 0 amide bonds. The van der Waals surface area contributed by atoms with Gasteiger partial charge in [-0.2, -0.15) is 0 Å². The number of furan rings is 1. The first-order chi connectivity index (χ1) is 30.8. The molecule has 65 heavy (non-hydrogen) atoms. The Kier molecular flexibility index (Phi) is 10.8. The van der Waals surface area contributed by atoms with E-state index in [1.54, 1.807) is 32.0 Å². The van der Waals surface area contributed by atoms with Crippen molar-refractivity contribution in [1.82, 2.24) is 0 Å². The maximum absolute atomic E-state index is 11.4. The van der Waals surface area contributed by atoms with E-state index in [1.807, 2.05) is 78.9 Å². The number of aliphatic hydroxyl groups is 4. The Hall–Kier alpha value is -8.25. The van der Waals surface area contributed by atoms with Crippen LogP contribution in [0.1, 0.15) is 42.5 Å². The van der Waals surface area contributed by atoms with E-state index in [1.165, 1.54) is 0 Å². The molecule has 7 aromatic rings. The first-order valence-corrected chi connectivity index (χ1v) is 20.1. The van der Waals surface area contributed by atoms with Crippen molar-refractivity contribution in [2.45, 2.75) is 32.1 Å². The molecule has 1 aromatic heterocycles. The van der Waals surface area contributed by atoms with Crippen molar-refractivity contribution >= 4 is 64.9 Å². The number of benzene rings is 6. The van der Waals surface area contributed by atoms with E-state index in [9.17, 15) is 56.2 Å². The molecule has 12 nitrogen and oxygen atoms in total. The first-order valence-electron chi connectivity index (χ1n) is 20.1. The lowest BCUT2D eigenvalue weighted by Gasteiger charge is -2.31. The third-order valence-electron chi connectivity index (χ3n) is 12.0. The number of aliphatic hydroxyl groups excluding tert-OH is 4. The topological polar surface area (TPSA) is 236 Å². The molecular weight excluding hydrogens is 826 g/mol. The molecule has 14 heteroatoms. The molecule has 1 heterocycles. The van der Waals surface area contributed by atoms with Gasteiger partial charge in [0.15, 0.2) is 34.5 Å². The maximum atomic E-state index is 11.4. The van der Waals surface area contributed by atoms with Crippen molar-refractivity contribution in [1.29, 1.82) is 0 Å². The fourth-order valence-corrected chi connectivity index (χ4v) is 8.25. The zero-order chi connectivity index (χ0) is 46.8. The number of phenolic OH excluding ortho intramolecular Hbond substituents is 7. The van der Waals surface area contributed by atoms with Crippen molar-refractivity contribution in [2.24, 2.45) is 0 Å². The van der Waals surface area contributed by atoms with E-state index in [0.29, 0.717) is 34.1 Å². The van der Waals surface area contributed by atoms with Gasteiger partial charge >= 0.3 is 0 Å². The van der Waals surface area contributed by atoms with Crippen LogP contribution in [0.3, 0.4) is 0 Å². The summed E-state index contributed by atoms with van der Waals surface area (Å²) in [6.07, 6.45) is 7.72. The van der Waals surface area contributed by atoms with Crippen LogP contribution in [0.25, 0.3) is 49.4 Å². The van der Waals surface area contributed by atoms with Crippen LogP contribution in [0.4, 0.5) is 0 Å². The smallest absolute Gasteiger partial charge is 0.204 e. The van der Waals surface area contributed by atoms with E-state index in [-0.39, 0.29) is 16.7 Å². The van der Waals surface area contributed by atoms with Gasteiger partial charge in [0.2, 0.25) is 5.76 Å². The highest BCUT2D eigenvalue weighted by Crippen LogP contribution is 2.48. The lowest BCUT2D eigenvalue weighted by atomic mass is 9.72. The first kappa shape index (κ1) is 43.4. The Morgan fingerprint density at radius 1 is 0.662 bits per heavy atom. The van der Waals surface area contributed by atoms with Gasteiger partial charge in [-0.05, 0) is 91.9 Å². The molecular formula is C51H40B2O12. The zero-order valence-electron chi connectivity index (χ0n) is 34.9. The Bertz CT molecular complexity index is 3320. The van der Waals surface area contributed by atoms with Crippen molar-refractivity contribution in [3.05, 3.63) is 166 Å². The van der Waals surface area contributed by atoms with Crippen molar-refractivity contribution in [2.75, 3.05) is 0 Å². The van der Waals surface area contributed by atoms with Crippen LogP contribution in [0.15, 0.2) is 148 Å². The van der Waals surface area contributed by atoms with Gasteiger partial charge in [0.25, 0.3) is 0 Å². The Labute approximate surface area is 374 Å². The number of hydrogen-bond donors (Lipinski definition) is 11. The molecule has 1 aliphatic carbocycles. The van der Waals surface area contributed by atoms with Gasteiger partial charge in [-0.15, -0.1) is 0 Å². The van der Waals surface area contributed by atoms with Gasteiger partial charge in [-0.3, -0.25) is 0 Å². The summed E-state index contributed by atoms with van der Waals surface area (Å²) in [7, 11) is 11.3. The predicted molar refractivity (Wildman–Crippen MR) is 251 cm³/mol. The van der Waals surface area contributed by atoms with Crippen molar-refractivity contribution in [3.63, 3.8) is 0 Å². The minimum atomic E-state index is -1.17. The maximum Gasteiger partial charge on any atom is 0.204 e. The number of phenols is 7. The van der Waals surface area contributed by atoms with Crippen LogP contribution >= 0.6 is 0 Å². The summed E-state index contributed by atoms with van der Waals surface area (Å²) in [5.41, 5.74) is 2.66. The lowest BCUT2D eigenvalue weighted by molar-refractivity contribution is 0.255. The van der Waals surface area contributed by atoms with Crippen LogP contribution in [0, 0.1) is 0 Å². The predicted octanol–water partition coefficient (Wildman–Crippen LogP) is 8.98. The number of allylic oxidation sites excluding steroid dienone is 7. The number of rotatable bonds is 9. The molecule has 0 saturated carbocycles. The highest BCUT2D eigenvalue weighted by Gasteiger charge is 2.33. The molecule has 0 spiro atoms. The van der Waals surface area contributed by atoms with Crippen molar-refractivity contribution in [3.8, 4) is 51.4 Å². The highest BCUT2D eigenvalue weighted by atomic mass is 16.4. The zero-order valence-corrected chi connectivity index (χ0v) is 34.9. The summed E-state index contributed by atoms with van der Waals surface area (Å²) in [4.78, 5) is 0. The monoisotopic (exact) mass is 866 g/mol. The molecule has 8 rings (SSSR count). The average molecular weight is 866 g/mol. The van der Waals surface area contributed by atoms with Gasteiger partial charge in [0.05, 0.1) is 5.56 Å². The normalized spacial score (nSPS) is 14.5. The molecule has 0 fully saturated rings. The highest BCUT2D eigenvalue weighted by molar-refractivity contribution is 6.37. The van der Waals surface area contributed by atoms with Gasteiger partial charge in [0.1, 0.15) is 49.9 Å². The van der Waals surface area contributed by atoms with Crippen LogP contribution < -0.4 is 10.9 Å². The minimum Gasteiger partial charge on any atom is -0.508 e. The minimum absolute atomic E-state index is 0.0432. The second-order valence-corrected chi connectivity index (χ2v) is 16.3. The Morgan fingerprint density at radius 3 is 2.05 bits per heavy atom. The number of hydrogen-bond acceptors (Lipinski definition) is 12. The third kappa shape index (κ3) is 7.28. The summed E-state index contributed by atoms with van der Waals surface area (Å²) >= 11 is 0. The van der Waals surface area contributed by atoms with E-state index in [2.05, 4.69) is 6.58 Å². The third-order valence-corrected chi connectivity index (χ3v) is 12.0. The molecule has 322 valence electrons. The second kappa shape index (κ2) is 16.1. The molecule has 6 aromatic carbocycles. The van der Waals surface area contributed by atoms with Gasteiger partial charge in [-0.1, -0.05) is 87.2 Å². The lowest BCUT2D eigenvalue weighted by Crippen LogP contribution is -2.24. The number of aromatic hydroxyl groups is 7. The second-order valence-electron chi connectivity index (χ2n) is 16.3. The van der Waals surface area contributed by atoms with Gasteiger partial charge in [-0.25, -0.2) is 0 Å². The van der Waals surface area contributed by atoms with Gasteiger partial charge < -0.3 is 60.6 Å². The molecule has 11 N–H and O–H groups in total. The summed E-state index contributed by atoms with van der Waals surface area (Å²) in [6, 6.07) is 22.9. The molecule has 0 saturated heterocycles. The molecule has 0 bridgehead atoms. The largest absolute Gasteiger partial charge is 0.508 e. The number of fused-ring (bicyclic) bond motifs is 4. The summed E-state index contributed by atoms with van der Waals surface area (Å²) < 4.78 is 6.34. The van der Waals surface area contributed by atoms with Crippen LogP contribution in [0.2, 0.25) is 0 Å². The molecule has 0 unspecified atom stereocenters. The summed E-state index contributed by atoms with van der Waals surface area (Å²) in [5, 5.41) is 120. The molecule has 0 atom stereocenters. The SMILES string of the molecule is [B]c1c(O)c(O)c(-c2ccc3cc4oc5ccc(/C(=C6\C=CC=CC6)c6ccccc6C(C)(C)C(=C)/C(O)=C(O)\C(O)=C(\O)Cc6c(O)cc(O)c([B])c6O)cc5c4cc3c2)c(O)c1O. The van der Waals surface area contributed by atoms with Crippen LogP contribution in [-0.4, -0.2) is 71.9 Å². The van der Waals surface area contributed by atoms with E-state index >= 15 is 0 Å².